The predicted octanol–water partition coefficient (Wildman–Crippen LogP) is 5.77. The first-order valence-corrected chi connectivity index (χ1v) is 9.48. The second kappa shape index (κ2) is 8.33. The van der Waals surface area contributed by atoms with Crippen molar-refractivity contribution in [3.05, 3.63) is 76.0 Å². The number of carbonyl (C=O) groups is 1. The Kier molecular flexibility index (Phi) is 6.06. The number of benzene rings is 2. The summed E-state index contributed by atoms with van der Waals surface area (Å²) in [6.07, 6.45) is 1.95. The highest BCUT2D eigenvalue weighted by atomic mass is 35.5. The molecule has 0 aliphatic heterocycles. The van der Waals surface area contributed by atoms with Crippen molar-refractivity contribution in [1.82, 2.24) is 10.3 Å². The van der Waals surface area contributed by atoms with Gasteiger partial charge in [-0.05, 0) is 43.7 Å². The molecule has 3 aromatic rings. The topological polar surface area (TPSA) is 55.1 Å². The van der Waals surface area contributed by atoms with Crippen molar-refractivity contribution in [2.75, 3.05) is 0 Å². The fraction of sp³-hybridized carbons (Fsp3) is 0.238. The van der Waals surface area contributed by atoms with E-state index in [9.17, 15) is 9.18 Å². The van der Waals surface area contributed by atoms with Crippen molar-refractivity contribution in [2.24, 2.45) is 0 Å². The molecule has 0 saturated heterocycles. The van der Waals surface area contributed by atoms with Crippen molar-refractivity contribution < 1.29 is 13.6 Å². The van der Waals surface area contributed by atoms with E-state index in [2.05, 4.69) is 10.3 Å². The molecule has 0 unspecified atom stereocenters. The van der Waals surface area contributed by atoms with Crippen LogP contribution in [-0.4, -0.2) is 10.9 Å². The lowest BCUT2D eigenvalue weighted by atomic mass is 9.94. The molecule has 0 spiro atoms. The number of aromatic nitrogens is 1. The number of aryl methyl sites for hydroxylation is 1. The number of hydrogen-bond acceptors (Lipinski definition) is 3. The molecule has 3 rings (SSSR count). The normalized spacial score (nSPS) is 11.5. The Bertz CT molecular complexity index is 1000. The summed E-state index contributed by atoms with van der Waals surface area (Å²) < 4.78 is 19.4. The number of nitrogens with one attached hydrogen (secondary N) is 1. The summed E-state index contributed by atoms with van der Waals surface area (Å²) in [5, 5.41) is 3.86. The third-order valence-electron chi connectivity index (χ3n) is 4.35. The van der Waals surface area contributed by atoms with Crippen LogP contribution in [0.5, 0.6) is 0 Å². The standard InChI is InChI=1S/C21H19Cl2FN2O2/c1-21(2,13-7-8-15(22)16(23)11-13)26-19(27)9-10-20-25-12-18(28-20)14-5-3-4-6-17(14)24/h3-8,11-12H,9-10H2,1-2H3,(H,26,27). The quantitative estimate of drug-likeness (QED) is 0.550. The van der Waals surface area contributed by atoms with Crippen molar-refractivity contribution >= 4 is 29.1 Å². The molecule has 0 aliphatic rings. The molecule has 1 amide bonds. The minimum Gasteiger partial charge on any atom is -0.441 e. The summed E-state index contributed by atoms with van der Waals surface area (Å²) in [4.78, 5) is 16.5. The molecule has 0 aliphatic carbocycles. The third kappa shape index (κ3) is 4.72. The first kappa shape index (κ1) is 20.4. The molecule has 1 N–H and O–H groups in total. The summed E-state index contributed by atoms with van der Waals surface area (Å²) in [5.74, 6) is 0.165. The fourth-order valence-electron chi connectivity index (χ4n) is 2.80. The summed E-state index contributed by atoms with van der Waals surface area (Å²) in [6.45, 7) is 3.76. The number of oxazole rings is 1. The molecule has 0 saturated carbocycles. The van der Waals surface area contributed by atoms with Gasteiger partial charge < -0.3 is 9.73 Å². The fourth-order valence-corrected chi connectivity index (χ4v) is 3.10. The molecule has 1 heterocycles. The van der Waals surface area contributed by atoms with Gasteiger partial charge in [-0.1, -0.05) is 41.4 Å². The maximum atomic E-state index is 13.8. The van der Waals surface area contributed by atoms with Crippen LogP contribution in [0.15, 0.2) is 53.1 Å². The molecular formula is C21H19Cl2FN2O2. The Morgan fingerprint density at radius 3 is 2.64 bits per heavy atom. The zero-order valence-electron chi connectivity index (χ0n) is 15.4. The average Bonchev–Trinajstić information content (AvgIpc) is 3.11. The number of halogens is 3. The first-order valence-electron chi connectivity index (χ1n) is 8.72. The Morgan fingerprint density at radius 2 is 1.93 bits per heavy atom. The minimum absolute atomic E-state index is 0.165. The predicted molar refractivity (Wildman–Crippen MR) is 108 cm³/mol. The van der Waals surface area contributed by atoms with Crippen LogP contribution in [0.4, 0.5) is 4.39 Å². The summed E-state index contributed by atoms with van der Waals surface area (Å²) in [5.41, 5.74) is 0.555. The zero-order valence-corrected chi connectivity index (χ0v) is 16.9. The van der Waals surface area contributed by atoms with Crippen LogP contribution in [0, 0.1) is 5.82 Å². The number of rotatable bonds is 6. The van der Waals surface area contributed by atoms with Gasteiger partial charge in [-0.25, -0.2) is 9.37 Å². The van der Waals surface area contributed by atoms with Crippen LogP contribution in [0.3, 0.4) is 0 Å². The summed E-state index contributed by atoms with van der Waals surface area (Å²) in [7, 11) is 0. The van der Waals surface area contributed by atoms with Gasteiger partial charge in [0.15, 0.2) is 11.7 Å². The first-order chi connectivity index (χ1) is 13.3. The van der Waals surface area contributed by atoms with E-state index in [4.69, 9.17) is 27.6 Å². The maximum absolute atomic E-state index is 13.8. The molecule has 0 bridgehead atoms. The lowest BCUT2D eigenvalue weighted by Gasteiger charge is -2.27. The number of nitrogens with zero attached hydrogens (tertiary/aromatic N) is 1. The SMILES string of the molecule is CC(C)(NC(=O)CCc1ncc(-c2ccccc2F)o1)c1ccc(Cl)c(Cl)c1. The highest BCUT2D eigenvalue weighted by molar-refractivity contribution is 6.42. The lowest BCUT2D eigenvalue weighted by molar-refractivity contribution is -0.122. The van der Waals surface area contributed by atoms with Crippen LogP contribution in [0.1, 0.15) is 31.7 Å². The average molecular weight is 421 g/mol. The maximum Gasteiger partial charge on any atom is 0.221 e. The van der Waals surface area contributed by atoms with Crippen LogP contribution in [0.2, 0.25) is 10.0 Å². The highest BCUT2D eigenvalue weighted by Gasteiger charge is 2.24. The van der Waals surface area contributed by atoms with Gasteiger partial charge in [0.25, 0.3) is 0 Å². The molecule has 1 aromatic heterocycles. The van der Waals surface area contributed by atoms with E-state index in [1.807, 2.05) is 19.9 Å². The molecule has 0 atom stereocenters. The van der Waals surface area contributed by atoms with E-state index in [-0.39, 0.29) is 18.1 Å². The highest BCUT2D eigenvalue weighted by Crippen LogP contribution is 2.28. The zero-order chi connectivity index (χ0) is 20.3. The molecule has 2 aromatic carbocycles. The van der Waals surface area contributed by atoms with Gasteiger partial charge in [0.05, 0.1) is 27.3 Å². The molecule has 0 fully saturated rings. The van der Waals surface area contributed by atoms with E-state index in [0.717, 1.165) is 5.56 Å². The minimum atomic E-state index is -0.625. The van der Waals surface area contributed by atoms with Crippen molar-refractivity contribution in [3.63, 3.8) is 0 Å². The van der Waals surface area contributed by atoms with Crippen LogP contribution in [-0.2, 0) is 16.8 Å². The second-order valence-electron chi connectivity index (χ2n) is 6.90. The van der Waals surface area contributed by atoms with Gasteiger partial charge in [-0.3, -0.25) is 4.79 Å². The Labute approximate surface area is 172 Å². The van der Waals surface area contributed by atoms with Crippen molar-refractivity contribution in [3.8, 4) is 11.3 Å². The van der Waals surface area contributed by atoms with Gasteiger partial charge in [0.2, 0.25) is 5.91 Å². The molecule has 7 heteroatoms. The van der Waals surface area contributed by atoms with E-state index >= 15 is 0 Å². The Balaban J connectivity index is 1.61. The molecule has 146 valence electrons. The Hall–Kier alpha value is -2.37. The number of carbonyl (C=O) groups excluding carboxylic acids is 1. The number of hydrogen-bond donors (Lipinski definition) is 1. The smallest absolute Gasteiger partial charge is 0.221 e. The van der Waals surface area contributed by atoms with E-state index in [1.54, 1.807) is 30.3 Å². The van der Waals surface area contributed by atoms with Gasteiger partial charge >= 0.3 is 0 Å². The number of amides is 1. The monoisotopic (exact) mass is 420 g/mol. The van der Waals surface area contributed by atoms with Gasteiger partial charge in [-0.15, -0.1) is 0 Å². The summed E-state index contributed by atoms with van der Waals surface area (Å²) in [6, 6.07) is 11.6. The van der Waals surface area contributed by atoms with Crippen molar-refractivity contribution in [2.45, 2.75) is 32.2 Å². The molecule has 28 heavy (non-hydrogen) atoms. The van der Waals surface area contributed by atoms with Crippen LogP contribution in [0.25, 0.3) is 11.3 Å². The van der Waals surface area contributed by atoms with Gasteiger partial charge in [0.1, 0.15) is 5.82 Å². The summed E-state index contributed by atoms with van der Waals surface area (Å²) >= 11 is 12.0. The second-order valence-corrected chi connectivity index (χ2v) is 7.71. The van der Waals surface area contributed by atoms with E-state index < -0.39 is 5.54 Å². The Morgan fingerprint density at radius 1 is 1.18 bits per heavy atom. The van der Waals surface area contributed by atoms with Crippen LogP contribution >= 0.6 is 23.2 Å². The van der Waals surface area contributed by atoms with E-state index in [0.29, 0.717) is 33.7 Å². The van der Waals surface area contributed by atoms with Crippen molar-refractivity contribution in [1.29, 1.82) is 0 Å². The van der Waals surface area contributed by atoms with Gasteiger partial charge in [0, 0.05) is 12.8 Å². The van der Waals surface area contributed by atoms with E-state index in [1.165, 1.54) is 12.3 Å². The van der Waals surface area contributed by atoms with Crippen LogP contribution < -0.4 is 5.32 Å². The van der Waals surface area contributed by atoms with Gasteiger partial charge in [-0.2, -0.15) is 0 Å². The molecule has 0 radical (unpaired) electrons. The molecular weight excluding hydrogens is 402 g/mol. The third-order valence-corrected chi connectivity index (χ3v) is 5.09. The lowest BCUT2D eigenvalue weighted by Crippen LogP contribution is -2.41. The molecule has 4 nitrogen and oxygen atoms in total. The largest absolute Gasteiger partial charge is 0.441 e.